The van der Waals surface area contributed by atoms with E-state index in [1.165, 1.54) is 0 Å². The third-order valence-electron chi connectivity index (χ3n) is 7.97. The van der Waals surface area contributed by atoms with E-state index in [1.807, 2.05) is 86.7 Å². The fraction of sp³-hybridized carbons (Fsp3) is 0.441. The molecule has 0 unspecified atom stereocenters. The molecule has 4 aromatic rings. The Morgan fingerprint density at radius 2 is 1.87 bits per heavy atom. The van der Waals surface area contributed by atoms with Crippen molar-refractivity contribution in [2.45, 2.75) is 72.1 Å². The van der Waals surface area contributed by atoms with Crippen molar-refractivity contribution in [3.63, 3.8) is 0 Å². The molecule has 46 heavy (non-hydrogen) atoms. The summed E-state index contributed by atoms with van der Waals surface area (Å²) in [5.41, 5.74) is 3.55. The molecule has 0 radical (unpaired) electrons. The summed E-state index contributed by atoms with van der Waals surface area (Å²) in [5.74, 6) is 2.26. The van der Waals surface area contributed by atoms with Gasteiger partial charge in [-0.3, -0.25) is 14.4 Å². The maximum atomic E-state index is 13.4. The highest BCUT2D eigenvalue weighted by molar-refractivity contribution is 5.97. The van der Waals surface area contributed by atoms with Crippen LogP contribution in [-0.4, -0.2) is 61.7 Å². The highest BCUT2D eigenvalue weighted by Gasteiger charge is 2.30. The van der Waals surface area contributed by atoms with Gasteiger partial charge >= 0.3 is 6.03 Å². The molecular weight excluding hydrogens is 580 g/mol. The van der Waals surface area contributed by atoms with E-state index in [9.17, 15) is 4.79 Å². The largest absolute Gasteiger partial charge is 0.484 e. The Bertz CT molecular complexity index is 1710. The minimum absolute atomic E-state index is 0.165. The highest BCUT2D eigenvalue weighted by atomic mass is 16.5. The molecule has 4 N–H and O–H groups in total. The maximum absolute atomic E-state index is 13.4. The molecule has 0 saturated carbocycles. The fourth-order valence-corrected chi connectivity index (χ4v) is 5.33. The lowest BCUT2D eigenvalue weighted by Gasteiger charge is -2.32. The van der Waals surface area contributed by atoms with Crippen LogP contribution in [0.2, 0.25) is 0 Å². The van der Waals surface area contributed by atoms with Crippen molar-refractivity contribution in [2.24, 2.45) is 5.41 Å². The van der Waals surface area contributed by atoms with Gasteiger partial charge in [0.25, 0.3) is 0 Å². The van der Waals surface area contributed by atoms with Gasteiger partial charge in [-0.15, -0.1) is 10.2 Å². The summed E-state index contributed by atoms with van der Waals surface area (Å²) < 4.78 is 10.4. The Hall–Kier alpha value is -4.71. The zero-order valence-electron chi connectivity index (χ0n) is 27.8. The minimum Gasteiger partial charge on any atom is -0.484 e. The zero-order valence-corrected chi connectivity index (χ0v) is 27.8. The number of amides is 2. The van der Waals surface area contributed by atoms with Crippen molar-refractivity contribution in [3.05, 3.63) is 83.8 Å². The molecule has 1 aliphatic rings. The number of carbonyl (C=O) groups is 1. The van der Waals surface area contributed by atoms with E-state index >= 15 is 0 Å². The number of aromatic nitrogens is 5. The number of likely N-dealkylation sites (N-methyl/N-ethyl adjacent to an activating group) is 1. The lowest BCUT2D eigenvalue weighted by molar-refractivity contribution is 0.171. The van der Waals surface area contributed by atoms with Gasteiger partial charge in [0.15, 0.2) is 5.65 Å². The normalized spacial score (nSPS) is 16.8. The van der Waals surface area contributed by atoms with Crippen molar-refractivity contribution >= 4 is 23.1 Å². The minimum atomic E-state index is -0.395. The number of rotatable bonds is 11. The quantitative estimate of drug-likeness (QED) is 0.153. The topological polar surface area (TPSA) is 137 Å². The first-order chi connectivity index (χ1) is 21.9. The number of carbonyl (C=O) groups excluding carboxylic acids is 1. The monoisotopic (exact) mass is 626 g/mol. The maximum Gasteiger partial charge on any atom is 0.320 e. The van der Waals surface area contributed by atoms with Gasteiger partial charge in [-0.25, -0.2) is 4.79 Å². The van der Waals surface area contributed by atoms with E-state index in [4.69, 9.17) is 10.1 Å². The summed E-state index contributed by atoms with van der Waals surface area (Å²) in [6.45, 7) is 11.7. The standard InChI is InChI=1S/C34H46N10O2/c1-22(2)32-41-40-31-15-12-24(21-44(31)32)46-28-14-13-27(25-10-8-9-11-26(25)28)38-33(45)39-30(18-29(35)34(3,4)5)37-23-19-36-43(20-23)17-16-42(6)7/h8-12,15,18-22,27-28,35,37H,13-14,16-17H2,1-7H3,(H2,38,39,45)/b30-18+,35-29?/t27-,28+/m0/s1. The van der Waals surface area contributed by atoms with E-state index in [0.29, 0.717) is 18.0 Å². The van der Waals surface area contributed by atoms with Crippen molar-refractivity contribution in [1.82, 2.24) is 39.9 Å². The molecule has 244 valence electrons. The van der Waals surface area contributed by atoms with Crippen LogP contribution in [0.1, 0.15) is 82.5 Å². The molecule has 0 saturated heterocycles. The Kier molecular flexibility index (Phi) is 9.76. The molecule has 0 fully saturated rings. The second kappa shape index (κ2) is 13.7. The van der Waals surface area contributed by atoms with Crippen molar-refractivity contribution in [3.8, 4) is 5.75 Å². The second-order valence-corrected chi connectivity index (χ2v) is 13.4. The van der Waals surface area contributed by atoms with Gasteiger partial charge in [0.05, 0.1) is 30.7 Å². The Morgan fingerprint density at radius 1 is 1.11 bits per heavy atom. The van der Waals surface area contributed by atoms with Gasteiger partial charge in [-0.1, -0.05) is 58.9 Å². The summed E-state index contributed by atoms with van der Waals surface area (Å²) in [5, 5.41) is 31.0. The molecule has 0 aliphatic heterocycles. The Balaban J connectivity index is 1.29. The zero-order chi connectivity index (χ0) is 33.0. The van der Waals surface area contributed by atoms with Crippen molar-refractivity contribution in [1.29, 1.82) is 5.41 Å². The molecule has 3 aromatic heterocycles. The van der Waals surface area contributed by atoms with Crippen LogP contribution in [0.4, 0.5) is 10.5 Å². The number of fused-ring (bicyclic) bond motifs is 2. The number of nitrogens with zero attached hydrogens (tertiary/aromatic N) is 6. The van der Waals surface area contributed by atoms with Gasteiger partial charge in [-0.2, -0.15) is 5.10 Å². The van der Waals surface area contributed by atoms with E-state index < -0.39 is 5.41 Å². The van der Waals surface area contributed by atoms with E-state index in [2.05, 4.69) is 56.1 Å². The number of nitrogens with one attached hydrogen (secondary N) is 4. The average molecular weight is 627 g/mol. The molecule has 1 aliphatic carbocycles. The molecule has 3 heterocycles. The molecule has 5 rings (SSSR count). The number of hydrogen-bond acceptors (Lipinski definition) is 8. The summed E-state index contributed by atoms with van der Waals surface area (Å²) in [6.07, 6.45) is 8.47. The number of anilines is 1. The van der Waals surface area contributed by atoms with Gasteiger partial charge in [0.2, 0.25) is 0 Å². The fourth-order valence-electron chi connectivity index (χ4n) is 5.33. The summed E-state index contributed by atoms with van der Waals surface area (Å²) in [6, 6.07) is 11.4. The molecule has 12 nitrogen and oxygen atoms in total. The van der Waals surface area contributed by atoms with Gasteiger partial charge in [0, 0.05) is 35.9 Å². The highest BCUT2D eigenvalue weighted by Crippen LogP contribution is 2.39. The molecule has 0 spiro atoms. The van der Waals surface area contributed by atoms with Crippen LogP contribution in [0.25, 0.3) is 5.65 Å². The first-order valence-corrected chi connectivity index (χ1v) is 15.8. The Morgan fingerprint density at radius 3 is 2.59 bits per heavy atom. The predicted molar refractivity (Wildman–Crippen MR) is 180 cm³/mol. The van der Waals surface area contributed by atoms with Crippen molar-refractivity contribution < 1.29 is 9.53 Å². The van der Waals surface area contributed by atoms with E-state index in [0.717, 1.165) is 53.5 Å². The second-order valence-electron chi connectivity index (χ2n) is 13.4. The lowest BCUT2D eigenvalue weighted by Crippen LogP contribution is -2.41. The molecular formula is C34H46N10O2. The predicted octanol–water partition coefficient (Wildman–Crippen LogP) is 5.88. The molecule has 1 aromatic carbocycles. The molecule has 2 amide bonds. The number of allylic oxidation sites excluding steroid dienone is 1. The van der Waals surface area contributed by atoms with Crippen LogP contribution < -0.4 is 20.7 Å². The van der Waals surface area contributed by atoms with Crippen LogP contribution >= 0.6 is 0 Å². The number of pyridine rings is 1. The first kappa shape index (κ1) is 32.7. The number of urea groups is 1. The summed E-state index contributed by atoms with van der Waals surface area (Å²) in [7, 11) is 4.04. The smallest absolute Gasteiger partial charge is 0.320 e. The lowest BCUT2D eigenvalue weighted by atomic mass is 9.85. The van der Waals surface area contributed by atoms with Crippen LogP contribution in [0, 0.1) is 10.8 Å². The van der Waals surface area contributed by atoms with Gasteiger partial charge < -0.3 is 25.7 Å². The SMILES string of the molecule is CC(C)c1nnc2ccc(O[C@@H]3CC[C@H](NC(=O)N/C(=C/C(=N)C(C)(C)C)Nc4cnn(CCN(C)C)c4)c4ccccc43)cn12. The van der Waals surface area contributed by atoms with Crippen LogP contribution in [0.3, 0.4) is 0 Å². The molecule has 2 atom stereocenters. The Labute approximate surface area is 270 Å². The average Bonchev–Trinajstić information content (AvgIpc) is 3.63. The molecule has 0 bridgehead atoms. The number of hydrogen-bond donors (Lipinski definition) is 4. The van der Waals surface area contributed by atoms with Crippen LogP contribution in [-0.2, 0) is 6.54 Å². The van der Waals surface area contributed by atoms with Gasteiger partial charge in [-0.05, 0) is 50.2 Å². The summed E-state index contributed by atoms with van der Waals surface area (Å²) in [4.78, 5) is 15.5. The third kappa shape index (κ3) is 7.92. The van der Waals surface area contributed by atoms with E-state index in [1.54, 1.807) is 12.3 Å². The van der Waals surface area contributed by atoms with Crippen LogP contribution in [0.15, 0.2) is 66.9 Å². The number of ether oxygens (including phenoxy) is 1. The summed E-state index contributed by atoms with van der Waals surface area (Å²) >= 11 is 0. The van der Waals surface area contributed by atoms with Gasteiger partial charge in [0.1, 0.15) is 23.5 Å². The first-order valence-electron chi connectivity index (χ1n) is 15.8. The van der Waals surface area contributed by atoms with Crippen LogP contribution in [0.5, 0.6) is 5.75 Å². The third-order valence-corrected chi connectivity index (χ3v) is 7.97. The van der Waals surface area contributed by atoms with Crippen molar-refractivity contribution in [2.75, 3.05) is 26.0 Å². The van der Waals surface area contributed by atoms with E-state index in [-0.39, 0.29) is 24.1 Å². The number of benzene rings is 1. The molecule has 12 heteroatoms.